The van der Waals surface area contributed by atoms with Crippen molar-refractivity contribution in [3.63, 3.8) is 0 Å². The number of allylic oxidation sites excluding steroid dienone is 9. The molecule has 3 aliphatic carbocycles. The van der Waals surface area contributed by atoms with Crippen LogP contribution in [0.5, 0.6) is 5.75 Å². The smallest absolute Gasteiger partial charge is 0.128 e. The van der Waals surface area contributed by atoms with E-state index in [0.717, 1.165) is 30.0 Å². The molecule has 0 spiro atoms. The third-order valence-electron chi connectivity index (χ3n) is 12.3. The lowest BCUT2D eigenvalue weighted by molar-refractivity contribution is 0.268. The molecule has 2 unspecified atom stereocenters. The molecule has 0 fully saturated rings. The minimum Gasteiger partial charge on any atom is -0.485 e. The predicted octanol–water partition coefficient (Wildman–Crippen LogP) is 13.5. The fourth-order valence-corrected chi connectivity index (χ4v) is 9.54. The second kappa shape index (κ2) is 13.7. The highest BCUT2D eigenvalue weighted by atomic mass is 16.5. The van der Waals surface area contributed by atoms with Gasteiger partial charge in [-0.1, -0.05) is 152 Å². The van der Waals surface area contributed by atoms with E-state index in [4.69, 9.17) is 4.74 Å². The van der Waals surface area contributed by atoms with Crippen LogP contribution >= 0.6 is 0 Å². The molecule has 2 heteroatoms. The molecule has 7 aromatic carbocycles. The van der Waals surface area contributed by atoms with E-state index in [9.17, 15) is 0 Å². The Balaban J connectivity index is 1.26. The molecule has 57 heavy (non-hydrogen) atoms. The van der Waals surface area contributed by atoms with Crippen LogP contribution in [-0.4, -0.2) is 13.2 Å². The minimum atomic E-state index is -0.0442. The van der Waals surface area contributed by atoms with Gasteiger partial charge in [-0.3, -0.25) is 0 Å². The van der Waals surface area contributed by atoms with E-state index in [1.807, 2.05) is 0 Å². The second-order valence-corrected chi connectivity index (χ2v) is 15.6. The molecule has 2 atom stereocenters. The standard InChI is InChI=1S/C55H41NO/c1-56(41-17-6-3-7-18-41)52-30-27-40-35-50(52)42-29-26-37(38-28-31-53-51(34-38)55-43(40)23-13-25-54(55)57-53)33-49-47-22-11-10-20-45(47)44-19-8-9-21-46(44)48(49)24-12-16-39(42)32-36-14-4-2-5-15-36/h2-23,25-31,33-35,51,53H,24,32H2,1H3/b16-12-,29-26?,37-33-,42-39?. The Morgan fingerprint density at radius 1 is 0.632 bits per heavy atom. The van der Waals surface area contributed by atoms with E-state index < -0.39 is 0 Å². The quantitative estimate of drug-likeness (QED) is 0.167. The Hall–Kier alpha value is -6.90. The van der Waals surface area contributed by atoms with Crippen molar-refractivity contribution in [2.24, 2.45) is 0 Å². The molecule has 2 nitrogen and oxygen atoms in total. The van der Waals surface area contributed by atoms with Gasteiger partial charge in [0.1, 0.15) is 11.9 Å². The molecule has 7 aromatic rings. The van der Waals surface area contributed by atoms with E-state index in [1.54, 1.807) is 0 Å². The van der Waals surface area contributed by atoms with E-state index in [0.29, 0.717) is 0 Å². The van der Waals surface area contributed by atoms with Crippen molar-refractivity contribution in [1.29, 1.82) is 0 Å². The van der Waals surface area contributed by atoms with Gasteiger partial charge in [0.25, 0.3) is 0 Å². The van der Waals surface area contributed by atoms with Crippen LogP contribution in [0.2, 0.25) is 0 Å². The van der Waals surface area contributed by atoms with E-state index >= 15 is 0 Å². The second-order valence-electron chi connectivity index (χ2n) is 15.6. The number of ether oxygens (including phenoxy) is 1. The van der Waals surface area contributed by atoms with Gasteiger partial charge in [-0.25, -0.2) is 0 Å². The van der Waals surface area contributed by atoms with Gasteiger partial charge in [0, 0.05) is 35.5 Å². The van der Waals surface area contributed by atoms with Gasteiger partial charge in [-0.15, -0.1) is 0 Å². The number of rotatable bonds is 4. The van der Waals surface area contributed by atoms with E-state index in [-0.39, 0.29) is 12.0 Å². The maximum absolute atomic E-state index is 6.70. The van der Waals surface area contributed by atoms with Crippen molar-refractivity contribution < 1.29 is 4.74 Å². The number of para-hydroxylation sites is 1. The zero-order valence-electron chi connectivity index (χ0n) is 31.9. The van der Waals surface area contributed by atoms with Gasteiger partial charge in [0.15, 0.2) is 0 Å². The van der Waals surface area contributed by atoms with Gasteiger partial charge in [-0.05, 0) is 127 Å². The van der Waals surface area contributed by atoms with Crippen molar-refractivity contribution >= 4 is 44.6 Å². The molecule has 0 saturated heterocycles. The minimum absolute atomic E-state index is 0.0442. The normalized spacial score (nSPS) is 19.1. The van der Waals surface area contributed by atoms with Crippen LogP contribution in [0.15, 0.2) is 205 Å². The summed E-state index contributed by atoms with van der Waals surface area (Å²) in [6, 6.07) is 53.1. The summed E-state index contributed by atoms with van der Waals surface area (Å²) >= 11 is 0. The van der Waals surface area contributed by atoms with Crippen LogP contribution in [-0.2, 0) is 12.8 Å². The third kappa shape index (κ3) is 5.71. The van der Waals surface area contributed by atoms with Gasteiger partial charge in [0.2, 0.25) is 0 Å². The molecule has 0 saturated carbocycles. The first kappa shape index (κ1) is 33.4. The fraction of sp³-hybridized carbons (Fsp3) is 0.0909. The summed E-state index contributed by atoms with van der Waals surface area (Å²) in [6.45, 7) is 0. The molecule has 1 aliphatic heterocycles. The molecule has 0 N–H and O–H groups in total. The summed E-state index contributed by atoms with van der Waals surface area (Å²) in [4.78, 5) is 2.33. The largest absolute Gasteiger partial charge is 0.485 e. The van der Waals surface area contributed by atoms with Crippen molar-refractivity contribution in [2.75, 3.05) is 11.9 Å². The van der Waals surface area contributed by atoms with Crippen LogP contribution in [0.25, 0.3) is 44.3 Å². The topological polar surface area (TPSA) is 12.5 Å². The van der Waals surface area contributed by atoms with Crippen molar-refractivity contribution in [1.82, 2.24) is 0 Å². The van der Waals surface area contributed by atoms with Crippen LogP contribution in [0.1, 0.15) is 33.7 Å². The van der Waals surface area contributed by atoms with Crippen molar-refractivity contribution in [3.8, 4) is 16.9 Å². The van der Waals surface area contributed by atoms with Gasteiger partial charge in [-0.2, -0.15) is 0 Å². The highest BCUT2D eigenvalue weighted by Crippen LogP contribution is 2.50. The average Bonchev–Trinajstić information content (AvgIpc) is 3.63. The zero-order chi connectivity index (χ0) is 37.9. The number of nitrogens with zero attached hydrogens (tertiary/aromatic N) is 1. The highest BCUT2D eigenvalue weighted by molar-refractivity contribution is 6.13. The third-order valence-corrected chi connectivity index (χ3v) is 12.3. The lowest BCUT2D eigenvalue weighted by atomic mass is 9.81. The number of fused-ring (bicyclic) bond motifs is 13. The number of anilines is 2. The van der Waals surface area contributed by atoms with Crippen molar-refractivity contribution in [3.05, 3.63) is 233 Å². The summed E-state index contributed by atoms with van der Waals surface area (Å²) in [7, 11) is 2.19. The number of hydrogen-bond donors (Lipinski definition) is 0. The average molecular weight is 732 g/mol. The van der Waals surface area contributed by atoms with Crippen LogP contribution in [0.3, 0.4) is 0 Å². The van der Waals surface area contributed by atoms with Gasteiger partial charge in [0.05, 0.1) is 0 Å². The molecule has 0 amide bonds. The summed E-state index contributed by atoms with van der Waals surface area (Å²) in [6.07, 6.45) is 20.6. The summed E-state index contributed by atoms with van der Waals surface area (Å²) < 4.78 is 6.70. The Morgan fingerprint density at radius 3 is 2.19 bits per heavy atom. The summed E-state index contributed by atoms with van der Waals surface area (Å²) in [5.74, 6) is 1.07. The van der Waals surface area contributed by atoms with Gasteiger partial charge >= 0.3 is 0 Å². The fourth-order valence-electron chi connectivity index (χ4n) is 9.54. The Morgan fingerprint density at radius 2 is 1.37 bits per heavy atom. The maximum atomic E-state index is 6.70. The first-order chi connectivity index (χ1) is 28.2. The molecular formula is C55H41NO. The van der Waals surface area contributed by atoms with Crippen LogP contribution in [0, 0.1) is 0 Å². The molecule has 11 rings (SSSR count). The first-order valence-corrected chi connectivity index (χ1v) is 20.1. The molecular weight excluding hydrogens is 691 g/mol. The Labute approximate surface area is 334 Å². The van der Waals surface area contributed by atoms with Gasteiger partial charge < -0.3 is 9.64 Å². The number of benzene rings is 7. The zero-order valence-corrected chi connectivity index (χ0v) is 31.9. The van der Waals surface area contributed by atoms with E-state index in [1.165, 1.54) is 82.8 Å². The first-order valence-electron chi connectivity index (χ1n) is 20.1. The number of hydrogen-bond acceptors (Lipinski definition) is 2. The molecule has 6 bridgehead atoms. The molecule has 0 aromatic heterocycles. The van der Waals surface area contributed by atoms with Crippen molar-refractivity contribution in [2.45, 2.75) is 24.9 Å². The highest BCUT2D eigenvalue weighted by Gasteiger charge is 2.36. The maximum Gasteiger partial charge on any atom is 0.128 e. The Bertz CT molecular complexity index is 2940. The lowest BCUT2D eigenvalue weighted by Gasteiger charge is -2.26. The predicted molar refractivity (Wildman–Crippen MR) is 239 cm³/mol. The Kier molecular flexibility index (Phi) is 8.03. The SMILES string of the molecule is CN(c1ccccc1)c1ccc2cc1C1=C(Cc3ccccc3)/C=C\Cc3c(c4ccccc4c4ccccc34)/C=C(/C=C1)C1=CC3c4c(cccc4-2)OC3C=C1. The summed E-state index contributed by atoms with van der Waals surface area (Å²) in [5.41, 5.74) is 16.0. The van der Waals surface area contributed by atoms with Crippen LogP contribution < -0.4 is 9.64 Å². The molecule has 272 valence electrons. The lowest BCUT2D eigenvalue weighted by Crippen LogP contribution is -2.18. The monoisotopic (exact) mass is 731 g/mol. The molecule has 4 aliphatic rings. The molecule has 1 heterocycles. The van der Waals surface area contributed by atoms with E-state index in [2.05, 4.69) is 206 Å². The van der Waals surface area contributed by atoms with Crippen LogP contribution in [0.4, 0.5) is 11.4 Å². The summed E-state index contributed by atoms with van der Waals surface area (Å²) in [5, 5.41) is 5.16. The molecule has 0 radical (unpaired) electrons.